The van der Waals surface area contributed by atoms with Gasteiger partial charge in [-0.3, -0.25) is 0 Å². The first kappa shape index (κ1) is 16.5. The minimum Gasteiger partial charge on any atom is -0.389 e. The van der Waals surface area contributed by atoms with Gasteiger partial charge in [-0.15, -0.1) is 11.3 Å². The molecular weight excluding hydrogens is 302 g/mol. The van der Waals surface area contributed by atoms with Crippen molar-refractivity contribution >= 4 is 38.6 Å². The van der Waals surface area contributed by atoms with Crippen molar-refractivity contribution in [3.05, 3.63) is 17.0 Å². The van der Waals surface area contributed by atoms with E-state index in [4.69, 9.17) is 18.0 Å². The highest BCUT2D eigenvalue weighted by atomic mass is 32.2. The Morgan fingerprint density at radius 1 is 1.42 bits per heavy atom. The van der Waals surface area contributed by atoms with Crippen LogP contribution in [0, 0.1) is 0 Å². The number of thiophene rings is 1. The standard InChI is InChI=1S/C11H19N3O2S3/c1-3-14(4-2)8-7-13-19(15,16)10-6-5-9(18-10)11(12)17/h5-6,13H,3-4,7-8H2,1-2H3,(H2,12,17). The van der Waals surface area contributed by atoms with E-state index in [2.05, 4.69) is 9.62 Å². The fraction of sp³-hybridized carbons (Fsp3) is 0.545. The average molecular weight is 321 g/mol. The van der Waals surface area contributed by atoms with E-state index >= 15 is 0 Å². The van der Waals surface area contributed by atoms with Crippen LogP contribution >= 0.6 is 23.6 Å². The van der Waals surface area contributed by atoms with Gasteiger partial charge in [-0.1, -0.05) is 26.1 Å². The molecule has 1 aromatic heterocycles. The van der Waals surface area contributed by atoms with Gasteiger partial charge < -0.3 is 10.6 Å². The summed E-state index contributed by atoms with van der Waals surface area (Å²) in [6, 6.07) is 3.16. The molecule has 0 unspecified atom stereocenters. The van der Waals surface area contributed by atoms with Crippen LogP contribution in [-0.2, 0) is 10.0 Å². The topological polar surface area (TPSA) is 75.4 Å². The third-order valence-corrected chi connectivity index (χ3v) is 6.12. The summed E-state index contributed by atoms with van der Waals surface area (Å²) >= 11 is 5.91. The highest BCUT2D eigenvalue weighted by Crippen LogP contribution is 2.21. The van der Waals surface area contributed by atoms with Gasteiger partial charge in [-0.05, 0) is 25.2 Å². The Morgan fingerprint density at radius 3 is 2.53 bits per heavy atom. The van der Waals surface area contributed by atoms with Gasteiger partial charge in [-0.2, -0.15) is 0 Å². The van der Waals surface area contributed by atoms with Crippen LogP contribution in [-0.4, -0.2) is 44.5 Å². The molecule has 0 amide bonds. The number of nitrogens with two attached hydrogens (primary N) is 1. The van der Waals surface area contributed by atoms with Crippen LogP contribution in [0.3, 0.4) is 0 Å². The summed E-state index contributed by atoms with van der Waals surface area (Å²) in [7, 11) is -3.46. The molecule has 8 heteroatoms. The first-order valence-corrected chi connectivity index (χ1v) is 8.73. The lowest BCUT2D eigenvalue weighted by molar-refractivity contribution is 0.309. The lowest BCUT2D eigenvalue weighted by Crippen LogP contribution is -2.34. The number of hydrogen-bond acceptors (Lipinski definition) is 5. The molecular formula is C11H19N3O2S3. The van der Waals surface area contributed by atoms with Gasteiger partial charge in [0, 0.05) is 13.1 Å². The molecule has 1 aromatic rings. The smallest absolute Gasteiger partial charge is 0.250 e. The number of sulfonamides is 1. The Hall–Kier alpha value is -0.540. The summed E-state index contributed by atoms with van der Waals surface area (Å²) in [5, 5.41) is 0. The molecule has 0 aromatic carbocycles. The van der Waals surface area contributed by atoms with E-state index in [0.29, 0.717) is 18.0 Å². The SMILES string of the molecule is CCN(CC)CCNS(=O)(=O)c1ccc(C(N)=S)s1. The second-order valence-electron chi connectivity index (χ2n) is 3.91. The Balaban J connectivity index is 2.63. The molecule has 19 heavy (non-hydrogen) atoms. The van der Waals surface area contributed by atoms with E-state index in [1.54, 1.807) is 6.07 Å². The third-order valence-electron chi connectivity index (χ3n) is 2.70. The number of hydrogen-bond donors (Lipinski definition) is 2. The second kappa shape index (κ2) is 7.30. The van der Waals surface area contributed by atoms with Crippen LogP contribution in [0.15, 0.2) is 16.3 Å². The van der Waals surface area contributed by atoms with Crippen molar-refractivity contribution < 1.29 is 8.42 Å². The summed E-state index contributed by atoms with van der Waals surface area (Å²) in [5.74, 6) is 0. The minimum absolute atomic E-state index is 0.217. The molecule has 0 aliphatic carbocycles. The van der Waals surface area contributed by atoms with E-state index < -0.39 is 10.0 Å². The van der Waals surface area contributed by atoms with Crippen LogP contribution in [0.25, 0.3) is 0 Å². The van der Waals surface area contributed by atoms with Gasteiger partial charge in [0.2, 0.25) is 10.0 Å². The van der Waals surface area contributed by atoms with Crippen molar-refractivity contribution in [2.75, 3.05) is 26.2 Å². The largest absolute Gasteiger partial charge is 0.389 e. The van der Waals surface area contributed by atoms with E-state index in [1.165, 1.54) is 6.07 Å². The second-order valence-corrected chi connectivity index (χ2v) is 7.42. The molecule has 0 aliphatic rings. The summed E-state index contributed by atoms with van der Waals surface area (Å²) in [6.45, 7) is 6.99. The molecule has 108 valence electrons. The van der Waals surface area contributed by atoms with E-state index in [-0.39, 0.29) is 9.20 Å². The molecule has 5 nitrogen and oxygen atoms in total. The average Bonchev–Trinajstić information content (AvgIpc) is 2.85. The monoisotopic (exact) mass is 321 g/mol. The highest BCUT2D eigenvalue weighted by molar-refractivity contribution is 7.91. The molecule has 0 saturated carbocycles. The van der Waals surface area contributed by atoms with Crippen molar-refractivity contribution in [3.8, 4) is 0 Å². The van der Waals surface area contributed by atoms with Crippen molar-refractivity contribution in [3.63, 3.8) is 0 Å². The first-order chi connectivity index (χ1) is 8.90. The lowest BCUT2D eigenvalue weighted by atomic mass is 10.5. The molecule has 0 saturated heterocycles. The molecule has 0 fully saturated rings. The van der Waals surface area contributed by atoms with Gasteiger partial charge in [0.1, 0.15) is 9.20 Å². The number of nitrogens with one attached hydrogen (secondary N) is 1. The highest BCUT2D eigenvalue weighted by Gasteiger charge is 2.17. The molecule has 0 aliphatic heterocycles. The quantitative estimate of drug-likeness (QED) is 0.699. The normalized spacial score (nSPS) is 11.9. The molecule has 1 heterocycles. The van der Waals surface area contributed by atoms with Crippen molar-refractivity contribution in [1.29, 1.82) is 0 Å². The Labute approximate surface area is 123 Å². The first-order valence-electron chi connectivity index (χ1n) is 6.02. The van der Waals surface area contributed by atoms with Crippen LogP contribution in [0.5, 0.6) is 0 Å². The number of thiocarbonyl (C=S) groups is 1. The fourth-order valence-electron chi connectivity index (χ4n) is 1.55. The van der Waals surface area contributed by atoms with E-state index in [0.717, 1.165) is 24.4 Å². The Bertz CT molecular complexity index is 521. The number of rotatable bonds is 8. The van der Waals surface area contributed by atoms with Gasteiger partial charge in [0.15, 0.2) is 0 Å². The molecule has 0 atom stereocenters. The van der Waals surface area contributed by atoms with Crippen molar-refractivity contribution in [2.24, 2.45) is 5.73 Å². The summed E-state index contributed by atoms with van der Waals surface area (Å²) < 4.78 is 26.9. The maximum Gasteiger partial charge on any atom is 0.250 e. The summed E-state index contributed by atoms with van der Waals surface area (Å²) in [6.07, 6.45) is 0. The zero-order valence-electron chi connectivity index (χ0n) is 11.0. The minimum atomic E-state index is -3.46. The Kier molecular flexibility index (Phi) is 6.34. The molecule has 1 rings (SSSR count). The van der Waals surface area contributed by atoms with Crippen LogP contribution in [0.1, 0.15) is 18.7 Å². The zero-order chi connectivity index (χ0) is 14.5. The van der Waals surface area contributed by atoms with Gasteiger partial charge in [0.05, 0.1) is 4.88 Å². The third kappa shape index (κ3) is 4.81. The Morgan fingerprint density at radius 2 is 2.05 bits per heavy atom. The van der Waals surface area contributed by atoms with Crippen LogP contribution < -0.4 is 10.5 Å². The molecule has 0 spiro atoms. The van der Waals surface area contributed by atoms with Gasteiger partial charge in [0.25, 0.3) is 0 Å². The summed E-state index contributed by atoms with van der Waals surface area (Å²) in [5.41, 5.74) is 5.47. The van der Waals surface area contributed by atoms with Crippen LogP contribution in [0.2, 0.25) is 0 Å². The van der Waals surface area contributed by atoms with E-state index in [1.807, 2.05) is 13.8 Å². The van der Waals surface area contributed by atoms with Crippen molar-refractivity contribution in [1.82, 2.24) is 9.62 Å². The lowest BCUT2D eigenvalue weighted by Gasteiger charge is -2.17. The predicted octanol–water partition coefficient (Wildman–Crippen LogP) is 1.00. The predicted molar refractivity (Wildman–Crippen MR) is 83.2 cm³/mol. The molecule has 0 bridgehead atoms. The number of nitrogens with zero attached hydrogens (tertiary/aromatic N) is 1. The zero-order valence-corrected chi connectivity index (χ0v) is 13.5. The molecule has 0 radical (unpaired) electrons. The molecule has 3 N–H and O–H groups in total. The maximum absolute atomic E-state index is 12.0. The van der Waals surface area contributed by atoms with Gasteiger partial charge >= 0.3 is 0 Å². The fourth-order valence-corrected chi connectivity index (χ4v) is 3.96. The van der Waals surface area contributed by atoms with Crippen LogP contribution in [0.4, 0.5) is 0 Å². The number of likely N-dealkylation sites (N-methyl/N-ethyl adjacent to an activating group) is 1. The van der Waals surface area contributed by atoms with Crippen molar-refractivity contribution in [2.45, 2.75) is 18.1 Å². The van der Waals surface area contributed by atoms with Gasteiger partial charge in [-0.25, -0.2) is 13.1 Å². The summed E-state index contributed by atoms with van der Waals surface area (Å²) in [4.78, 5) is 2.98. The maximum atomic E-state index is 12.0. The van der Waals surface area contributed by atoms with E-state index in [9.17, 15) is 8.42 Å².